The highest BCUT2D eigenvalue weighted by molar-refractivity contribution is 6.02. The molecule has 0 spiro atoms. The first-order valence-corrected chi connectivity index (χ1v) is 7.74. The van der Waals surface area contributed by atoms with Gasteiger partial charge >= 0.3 is 0 Å². The van der Waals surface area contributed by atoms with E-state index in [1.165, 1.54) is 17.1 Å². The van der Waals surface area contributed by atoms with Crippen LogP contribution >= 0.6 is 0 Å². The molecule has 0 fully saturated rings. The summed E-state index contributed by atoms with van der Waals surface area (Å²) in [5.41, 5.74) is 2.11. The Morgan fingerprint density at radius 1 is 1.15 bits per heavy atom. The van der Waals surface area contributed by atoms with E-state index in [9.17, 15) is 4.79 Å². The highest BCUT2D eigenvalue weighted by atomic mass is 16.5. The van der Waals surface area contributed by atoms with Crippen molar-refractivity contribution in [2.24, 2.45) is 0 Å². The van der Waals surface area contributed by atoms with Crippen molar-refractivity contribution in [2.75, 3.05) is 19.5 Å². The fourth-order valence-corrected chi connectivity index (χ4v) is 2.32. The molecule has 26 heavy (non-hydrogen) atoms. The van der Waals surface area contributed by atoms with Crippen molar-refractivity contribution >= 4 is 17.7 Å². The van der Waals surface area contributed by atoms with Crippen LogP contribution in [0.5, 0.6) is 11.5 Å². The molecule has 8 heteroatoms. The van der Waals surface area contributed by atoms with Crippen LogP contribution in [-0.2, 0) is 4.79 Å². The smallest absolute Gasteiger partial charge is 0.248 e. The van der Waals surface area contributed by atoms with Gasteiger partial charge in [-0.3, -0.25) is 4.79 Å². The maximum absolute atomic E-state index is 12.2. The number of benzene rings is 2. The average Bonchev–Trinajstić information content (AvgIpc) is 3.21. The van der Waals surface area contributed by atoms with Crippen molar-refractivity contribution in [3.8, 4) is 17.2 Å². The standard InChI is InChI=1S/C18H17N5O3/c1-25-16-7-8-17(26-2)13(10-16)6-9-18(24)20-14-4-3-5-15(11-14)23-12-19-21-22-23/h3-12H,1-2H3,(H,20,24)/b9-6+. The summed E-state index contributed by atoms with van der Waals surface area (Å²) >= 11 is 0. The van der Waals surface area contributed by atoms with E-state index in [1.807, 2.05) is 6.07 Å². The van der Waals surface area contributed by atoms with Crippen molar-refractivity contribution in [1.82, 2.24) is 20.2 Å². The molecule has 8 nitrogen and oxygen atoms in total. The van der Waals surface area contributed by atoms with Crippen LogP contribution in [0.25, 0.3) is 11.8 Å². The molecule has 0 aliphatic rings. The summed E-state index contributed by atoms with van der Waals surface area (Å²) in [5.74, 6) is 1.05. The maximum atomic E-state index is 12.2. The zero-order valence-corrected chi connectivity index (χ0v) is 14.3. The van der Waals surface area contributed by atoms with Gasteiger partial charge in [0.2, 0.25) is 5.91 Å². The molecule has 0 atom stereocenters. The van der Waals surface area contributed by atoms with Crippen LogP contribution < -0.4 is 14.8 Å². The van der Waals surface area contributed by atoms with E-state index in [0.717, 1.165) is 11.3 Å². The van der Waals surface area contributed by atoms with Crippen LogP contribution in [0.3, 0.4) is 0 Å². The highest BCUT2D eigenvalue weighted by Crippen LogP contribution is 2.25. The number of aromatic nitrogens is 4. The molecule has 1 heterocycles. The monoisotopic (exact) mass is 351 g/mol. The van der Waals surface area contributed by atoms with Gasteiger partial charge in [-0.1, -0.05) is 6.07 Å². The second-order valence-corrected chi connectivity index (χ2v) is 5.24. The summed E-state index contributed by atoms with van der Waals surface area (Å²) in [5, 5.41) is 13.8. The number of nitrogens with one attached hydrogen (secondary N) is 1. The van der Waals surface area contributed by atoms with Crippen molar-refractivity contribution in [1.29, 1.82) is 0 Å². The molecule has 1 N–H and O–H groups in total. The number of amides is 1. The molecule has 2 aromatic carbocycles. The van der Waals surface area contributed by atoms with Crippen molar-refractivity contribution in [3.05, 3.63) is 60.4 Å². The number of nitrogens with zero attached hydrogens (tertiary/aromatic N) is 4. The van der Waals surface area contributed by atoms with Crippen LogP contribution in [0.2, 0.25) is 0 Å². The van der Waals surface area contributed by atoms with E-state index in [0.29, 0.717) is 17.2 Å². The predicted octanol–water partition coefficient (Wildman–Crippen LogP) is 2.33. The van der Waals surface area contributed by atoms with Gasteiger partial charge in [0.05, 0.1) is 19.9 Å². The zero-order valence-electron chi connectivity index (χ0n) is 14.3. The second-order valence-electron chi connectivity index (χ2n) is 5.24. The van der Waals surface area contributed by atoms with E-state index < -0.39 is 0 Å². The van der Waals surface area contributed by atoms with Crippen LogP contribution in [0.4, 0.5) is 5.69 Å². The lowest BCUT2D eigenvalue weighted by Gasteiger charge is -2.07. The van der Waals surface area contributed by atoms with Crippen molar-refractivity contribution in [2.45, 2.75) is 0 Å². The van der Waals surface area contributed by atoms with Crippen molar-refractivity contribution < 1.29 is 14.3 Å². The minimum absolute atomic E-state index is 0.274. The van der Waals surface area contributed by atoms with Gasteiger partial charge in [0.25, 0.3) is 0 Å². The number of carbonyl (C=O) groups is 1. The fourth-order valence-electron chi connectivity index (χ4n) is 2.32. The first-order valence-electron chi connectivity index (χ1n) is 7.74. The van der Waals surface area contributed by atoms with Crippen LogP contribution in [0, 0.1) is 0 Å². The maximum Gasteiger partial charge on any atom is 0.248 e. The van der Waals surface area contributed by atoms with Gasteiger partial charge in [-0.15, -0.1) is 5.10 Å². The Hall–Kier alpha value is -3.68. The zero-order chi connectivity index (χ0) is 18.4. The quantitative estimate of drug-likeness (QED) is 0.686. The number of carbonyl (C=O) groups excluding carboxylic acids is 1. The molecular weight excluding hydrogens is 334 g/mol. The number of hydrogen-bond donors (Lipinski definition) is 1. The Labute approximate surface area is 150 Å². The second kappa shape index (κ2) is 7.93. The van der Waals surface area contributed by atoms with E-state index in [4.69, 9.17) is 9.47 Å². The molecule has 0 unspecified atom stereocenters. The molecule has 0 bridgehead atoms. The first-order chi connectivity index (χ1) is 12.7. The summed E-state index contributed by atoms with van der Waals surface area (Å²) in [7, 11) is 3.16. The van der Waals surface area contributed by atoms with Crippen LogP contribution in [-0.4, -0.2) is 40.3 Å². The normalized spacial score (nSPS) is 10.7. The number of hydrogen-bond acceptors (Lipinski definition) is 6. The molecular formula is C18H17N5O3. The lowest BCUT2D eigenvalue weighted by molar-refractivity contribution is -0.111. The molecule has 3 aromatic rings. The van der Waals surface area contributed by atoms with Gasteiger partial charge in [0.15, 0.2) is 0 Å². The summed E-state index contributed by atoms with van der Waals surface area (Å²) in [4.78, 5) is 12.2. The van der Waals surface area contributed by atoms with E-state index in [2.05, 4.69) is 20.8 Å². The molecule has 0 aliphatic carbocycles. The average molecular weight is 351 g/mol. The summed E-state index contributed by atoms with van der Waals surface area (Å²) in [6.07, 6.45) is 4.58. The molecule has 1 aromatic heterocycles. The van der Waals surface area contributed by atoms with Gasteiger partial charge in [-0.25, -0.2) is 4.68 Å². The minimum Gasteiger partial charge on any atom is -0.497 e. The number of anilines is 1. The third-order valence-electron chi connectivity index (χ3n) is 3.58. The van der Waals surface area contributed by atoms with Gasteiger partial charge in [0.1, 0.15) is 17.8 Å². The van der Waals surface area contributed by atoms with Crippen LogP contribution in [0.15, 0.2) is 54.9 Å². The molecule has 0 radical (unpaired) electrons. The predicted molar refractivity (Wildman–Crippen MR) is 96.4 cm³/mol. The number of rotatable bonds is 6. The third kappa shape index (κ3) is 4.04. The molecule has 3 rings (SSSR count). The lowest BCUT2D eigenvalue weighted by Crippen LogP contribution is -2.08. The van der Waals surface area contributed by atoms with E-state index >= 15 is 0 Å². The summed E-state index contributed by atoms with van der Waals surface area (Å²) in [6, 6.07) is 12.6. The van der Waals surface area contributed by atoms with E-state index in [1.54, 1.807) is 56.7 Å². The number of methoxy groups -OCH3 is 2. The molecule has 0 aliphatic heterocycles. The van der Waals surface area contributed by atoms with Gasteiger partial charge in [-0.05, 0) is 52.9 Å². The Morgan fingerprint density at radius 3 is 2.77 bits per heavy atom. The Bertz CT molecular complexity index is 922. The molecule has 0 saturated heterocycles. The Balaban J connectivity index is 1.73. The first kappa shape index (κ1) is 17.2. The topological polar surface area (TPSA) is 91.2 Å². The third-order valence-corrected chi connectivity index (χ3v) is 3.58. The minimum atomic E-state index is -0.274. The molecule has 1 amide bonds. The summed E-state index contributed by atoms with van der Waals surface area (Å²) in [6.45, 7) is 0. The van der Waals surface area contributed by atoms with Crippen molar-refractivity contribution in [3.63, 3.8) is 0 Å². The Kier molecular flexibility index (Phi) is 5.23. The number of tetrazole rings is 1. The highest BCUT2D eigenvalue weighted by Gasteiger charge is 2.05. The van der Waals surface area contributed by atoms with Gasteiger partial charge in [-0.2, -0.15) is 0 Å². The van der Waals surface area contributed by atoms with Gasteiger partial charge in [0, 0.05) is 17.3 Å². The lowest BCUT2D eigenvalue weighted by atomic mass is 10.1. The SMILES string of the molecule is COc1ccc(OC)c(/C=C/C(=O)Nc2cccc(-n3cnnn3)c2)c1. The number of ether oxygens (including phenoxy) is 2. The van der Waals surface area contributed by atoms with Gasteiger partial charge < -0.3 is 14.8 Å². The largest absolute Gasteiger partial charge is 0.497 e. The molecule has 132 valence electrons. The van der Waals surface area contributed by atoms with E-state index in [-0.39, 0.29) is 5.91 Å². The molecule has 0 saturated carbocycles. The Morgan fingerprint density at radius 2 is 2.04 bits per heavy atom. The summed E-state index contributed by atoms with van der Waals surface area (Å²) < 4.78 is 12.0. The fraction of sp³-hybridized carbons (Fsp3) is 0.111. The van der Waals surface area contributed by atoms with Crippen LogP contribution in [0.1, 0.15) is 5.56 Å².